The number of aliphatic hydroxyl groups is 1. The highest BCUT2D eigenvalue weighted by atomic mass is 16.3. The zero-order chi connectivity index (χ0) is 10.3. The summed E-state index contributed by atoms with van der Waals surface area (Å²) >= 11 is 0. The number of hydrogen-bond donors (Lipinski definition) is 2. The molecule has 0 aromatic carbocycles. The molecule has 0 bridgehead atoms. The van der Waals surface area contributed by atoms with Crippen LogP contribution >= 0.6 is 0 Å². The lowest BCUT2D eigenvalue weighted by atomic mass is 9.63. The molecule has 2 unspecified atom stereocenters. The minimum atomic E-state index is -0.630. The molecule has 0 spiro atoms. The molecule has 0 heterocycles. The van der Waals surface area contributed by atoms with E-state index in [2.05, 4.69) is 0 Å². The summed E-state index contributed by atoms with van der Waals surface area (Å²) in [6.45, 7) is 5.82. The fraction of sp³-hybridized carbons (Fsp3) is 0.900. The predicted octanol–water partition coefficient (Wildman–Crippen LogP) is 1.05. The second-order valence-electron chi connectivity index (χ2n) is 5.16. The third kappa shape index (κ3) is 2.21. The Balaban J connectivity index is 2.79. The fourth-order valence-corrected chi connectivity index (χ4v) is 2.57. The lowest BCUT2D eigenvalue weighted by Crippen LogP contribution is -2.46. The second kappa shape index (κ2) is 2.98. The van der Waals surface area contributed by atoms with Crippen LogP contribution in [0.25, 0.3) is 0 Å². The summed E-state index contributed by atoms with van der Waals surface area (Å²) < 4.78 is 0. The van der Waals surface area contributed by atoms with E-state index in [4.69, 9.17) is 5.73 Å². The van der Waals surface area contributed by atoms with Gasteiger partial charge in [-0.15, -0.1) is 0 Å². The average molecular weight is 185 g/mol. The van der Waals surface area contributed by atoms with Gasteiger partial charge in [-0.3, -0.25) is 4.79 Å². The first-order valence-corrected chi connectivity index (χ1v) is 4.76. The molecular formula is C10H19NO2. The van der Waals surface area contributed by atoms with Gasteiger partial charge in [0.2, 0.25) is 5.91 Å². The maximum absolute atomic E-state index is 11.1. The molecule has 1 fully saturated rings. The molecule has 0 aromatic heterocycles. The standard InChI is InChI=1S/C10H19NO2/c1-9(2)6-10(3,13)5-4-7(9)8(11)12/h7,13H,4-6H2,1-3H3,(H2,11,12). The Morgan fingerprint density at radius 2 is 2.00 bits per heavy atom. The van der Waals surface area contributed by atoms with Gasteiger partial charge in [0.25, 0.3) is 0 Å². The molecule has 3 heteroatoms. The third-order valence-corrected chi connectivity index (χ3v) is 3.09. The Hall–Kier alpha value is -0.570. The number of primary amides is 1. The van der Waals surface area contributed by atoms with E-state index < -0.39 is 5.60 Å². The smallest absolute Gasteiger partial charge is 0.221 e. The molecule has 2 atom stereocenters. The van der Waals surface area contributed by atoms with Crippen molar-refractivity contribution in [3.8, 4) is 0 Å². The van der Waals surface area contributed by atoms with E-state index in [1.807, 2.05) is 20.8 Å². The van der Waals surface area contributed by atoms with Gasteiger partial charge in [0.05, 0.1) is 5.60 Å². The summed E-state index contributed by atoms with van der Waals surface area (Å²) in [6.07, 6.45) is 2.02. The summed E-state index contributed by atoms with van der Waals surface area (Å²) in [6, 6.07) is 0. The van der Waals surface area contributed by atoms with E-state index in [1.54, 1.807) is 0 Å². The summed E-state index contributed by atoms with van der Waals surface area (Å²) in [7, 11) is 0. The molecule has 0 aromatic rings. The van der Waals surface area contributed by atoms with Crippen LogP contribution in [0, 0.1) is 11.3 Å². The third-order valence-electron chi connectivity index (χ3n) is 3.09. The van der Waals surface area contributed by atoms with Crippen molar-refractivity contribution < 1.29 is 9.90 Å². The van der Waals surface area contributed by atoms with Crippen molar-refractivity contribution in [2.45, 2.75) is 45.6 Å². The van der Waals surface area contributed by atoms with Gasteiger partial charge in [0, 0.05) is 5.92 Å². The van der Waals surface area contributed by atoms with E-state index in [0.29, 0.717) is 19.3 Å². The first-order chi connectivity index (χ1) is 5.75. The number of hydrogen-bond acceptors (Lipinski definition) is 2. The molecule has 1 rings (SSSR count). The van der Waals surface area contributed by atoms with Gasteiger partial charge in [-0.05, 0) is 31.6 Å². The molecule has 76 valence electrons. The predicted molar refractivity (Wildman–Crippen MR) is 50.9 cm³/mol. The zero-order valence-electron chi connectivity index (χ0n) is 8.63. The van der Waals surface area contributed by atoms with Gasteiger partial charge in [-0.1, -0.05) is 13.8 Å². The van der Waals surface area contributed by atoms with Crippen molar-refractivity contribution in [3.05, 3.63) is 0 Å². The number of rotatable bonds is 1. The van der Waals surface area contributed by atoms with E-state index in [0.717, 1.165) is 0 Å². The highest BCUT2D eigenvalue weighted by Gasteiger charge is 2.43. The van der Waals surface area contributed by atoms with Crippen molar-refractivity contribution in [1.82, 2.24) is 0 Å². The SMILES string of the molecule is CC1(O)CCC(C(N)=O)C(C)(C)C1. The van der Waals surface area contributed by atoms with Gasteiger partial charge in [-0.25, -0.2) is 0 Å². The van der Waals surface area contributed by atoms with Crippen molar-refractivity contribution in [2.24, 2.45) is 17.1 Å². The highest BCUT2D eigenvalue weighted by molar-refractivity contribution is 5.77. The molecule has 1 aliphatic rings. The van der Waals surface area contributed by atoms with E-state index in [9.17, 15) is 9.90 Å². The van der Waals surface area contributed by atoms with Crippen LogP contribution in [0.15, 0.2) is 0 Å². The number of nitrogens with two attached hydrogens (primary N) is 1. The molecule has 3 N–H and O–H groups in total. The molecule has 0 aliphatic heterocycles. The van der Waals surface area contributed by atoms with Crippen LogP contribution < -0.4 is 5.73 Å². The molecule has 1 saturated carbocycles. The van der Waals surface area contributed by atoms with Crippen LogP contribution in [-0.4, -0.2) is 16.6 Å². The van der Waals surface area contributed by atoms with Crippen molar-refractivity contribution >= 4 is 5.91 Å². The molecule has 1 amide bonds. The Bertz CT molecular complexity index is 221. The van der Waals surface area contributed by atoms with E-state index in [1.165, 1.54) is 0 Å². The molecule has 3 nitrogen and oxygen atoms in total. The van der Waals surface area contributed by atoms with Crippen LogP contribution in [0.5, 0.6) is 0 Å². The maximum atomic E-state index is 11.1. The van der Waals surface area contributed by atoms with Gasteiger partial charge in [-0.2, -0.15) is 0 Å². The minimum Gasteiger partial charge on any atom is -0.390 e. The maximum Gasteiger partial charge on any atom is 0.221 e. The number of amides is 1. The van der Waals surface area contributed by atoms with Crippen LogP contribution in [-0.2, 0) is 4.79 Å². The van der Waals surface area contributed by atoms with Gasteiger partial charge in [0.1, 0.15) is 0 Å². The summed E-state index contributed by atoms with van der Waals surface area (Å²) in [4.78, 5) is 11.1. The van der Waals surface area contributed by atoms with Crippen molar-refractivity contribution in [1.29, 1.82) is 0 Å². The van der Waals surface area contributed by atoms with Gasteiger partial charge in [0.15, 0.2) is 0 Å². The lowest BCUT2D eigenvalue weighted by Gasteiger charge is -2.44. The summed E-state index contributed by atoms with van der Waals surface area (Å²) in [5.41, 5.74) is 4.51. The lowest BCUT2D eigenvalue weighted by molar-refractivity contribution is -0.132. The first-order valence-electron chi connectivity index (χ1n) is 4.76. The normalized spacial score (nSPS) is 38.6. The second-order valence-corrected chi connectivity index (χ2v) is 5.16. The van der Waals surface area contributed by atoms with Gasteiger partial charge < -0.3 is 10.8 Å². The van der Waals surface area contributed by atoms with Crippen LogP contribution in [0.1, 0.15) is 40.0 Å². The zero-order valence-corrected chi connectivity index (χ0v) is 8.63. The number of carbonyl (C=O) groups is 1. The largest absolute Gasteiger partial charge is 0.390 e. The Morgan fingerprint density at radius 1 is 1.46 bits per heavy atom. The monoisotopic (exact) mass is 185 g/mol. The quantitative estimate of drug-likeness (QED) is 0.641. The average Bonchev–Trinajstić information content (AvgIpc) is 1.79. The fourth-order valence-electron chi connectivity index (χ4n) is 2.57. The highest BCUT2D eigenvalue weighted by Crippen LogP contribution is 2.44. The van der Waals surface area contributed by atoms with Crippen molar-refractivity contribution in [3.63, 3.8) is 0 Å². The number of carbonyl (C=O) groups excluding carboxylic acids is 1. The Labute approximate surface area is 79.3 Å². The van der Waals surface area contributed by atoms with E-state index >= 15 is 0 Å². The topological polar surface area (TPSA) is 63.3 Å². The summed E-state index contributed by atoms with van der Waals surface area (Å²) in [5.74, 6) is -0.326. The first kappa shape index (κ1) is 10.5. The molecular weight excluding hydrogens is 166 g/mol. The molecule has 0 radical (unpaired) electrons. The van der Waals surface area contributed by atoms with Crippen molar-refractivity contribution in [2.75, 3.05) is 0 Å². The van der Waals surface area contributed by atoms with Crippen LogP contribution in [0.3, 0.4) is 0 Å². The molecule has 0 saturated heterocycles. The molecule has 13 heavy (non-hydrogen) atoms. The van der Waals surface area contributed by atoms with E-state index in [-0.39, 0.29) is 17.2 Å². The van der Waals surface area contributed by atoms with Crippen LogP contribution in [0.4, 0.5) is 0 Å². The van der Waals surface area contributed by atoms with Crippen LogP contribution in [0.2, 0.25) is 0 Å². The minimum absolute atomic E-state index is 0.0901. The molecule has 1 aliphatic carbocycles. The Morgan fingerprint density at radius 3 is 2.38 bits per heavy atom. The Kier molecular flexibility index (Phi) is 2.41. The van der Waals surface area contributed by atoms with Gasteiger partial charge >= 0.3 is 0 Å². The summed E-state index contributed by atoms with van der Waals surface area (Å²) in [5, 5.41) is 9.86.